The number of nitrogens with one attached hydrogen (secondary N) is 1. The number of amides is 3. The van der Waals surface area contributed by atoms with E-state index in [-0.39, 0.29) is 23.2 Å². The van der Waals surface area contributed by atoms with Gasteiger partial charge in [-0.15, -0.1) is 0 Å². The number of carbonyl (C=O) groups is 2. The van der Waals surface area contributed by atoms with Gasteiger partial charge in [-0.05, 0) is 6.42 Å². The number of amidine groups is 1. The molecule has 1 unspecified atom stereocenters. The molecule has 2 heterocycles. The van der Waals surface area contributed by atoms with E-state index in [1.165, 1.54) is 0 Å². The Morgan fingerprint density at radius 3 is 2.94 bits per heavy atom. The van der Waals surface area contributed by atoms with Crippen molar-refractivity contribution < 1.29 is 19.5 Å². The van der Waals surface area contributed by atoms with Gasteiger partial charge in [0.25, 0.3) is 0 Å². The van der Waals surface area contributed by atoms with E-state index in [2.05, 4.69) is 15.3 Å². The molecule has 98 valence electrons. The van der Waals surface area contributed by atoms with Crippen LogP contribution in [-0.2, 0) is 9.53 Å². The van der Waals surface area contributed by atoms with Crippen molar-refractivity contribution in [1.29, 1.82) is 0 Å². The number of nitrogens with zero attached hydrogens (tertiary/aromatic N) is 3. The fourth-order valence-corrected chi connectivity index (χ4v) is 1.55. The second-order valence-corrected chi connectivity index (χ2v) is 3.90. The van der Waals surface area contributed by atoms with E-state index < -0.39 is 17.7 Å². The van der Waals surface area contributed by atoms with E-state index in [1.54, 1.807) is 0 Å². The van der Waals surface area contributed by atoms with Gasteiger partial charge in [0.05, 0.1) is 0 Å². The van der Waals surface area contributed by atoms with Crippen LogP contribution in [0.15, 0.2) is 9.98 Å². The highest BCUT2D eigenvalue weighted by Gasteiger charge is 2.46. The Bertz CT molecular complexity index is 460. The van der Waals surface area contributed by atoms with Gasteiger partial charge in [0.15, 0.2) is 11.5 Å². The van der Waals surface area contributed by atoms with E-state index in [9.17, 15) is 14.8 Å². The highest BCUT2D eigenvalue weighted by atomic mass is 16.5. The monoisotopic (exact) mass is 255 g/mol. The fraction of sp³-hybridized carbons (Fsp3) is 0.556. The second kappa shape index (κ2) is 4.44. The van der Waals surface area contributed by atoms with Crippen molar-refractivity contribution in [1.82, 2.24) is 10.4 Å². The molecule has 0 fully saturated rings. The standard InChI is InChI=1S/C9H13N5O4/c1-2-3-18-4-9(10)13-6-5(7(15)14(9)17)11-8(16)12-6/h17H,2-4,10H2,1H3,(H,12,13,16). The van der Waals surface area contributed by atoms with Gasteiger partial charge in [-0.3, -0.25) is 21.1 Å². The summed E-state index contributed by atoms with van der Waals surface area (Å²) in [6, 6.07) is -0.718. The quantitative estimate of drug-likeness (QED) is 0.430. The molecule has 9 heteroatoms. The van der Waals surface area contributed by atoms with Crippen molar-refractivity contribution in [3.63, 3.8) is 0 Å². The zero-order valence-electron chi connectivity index (χ0n) is 9.71. The van der Waals surface area contributed by atoms with Gasteiger partial charge in [0.2, 0.25) is 5.79 Å². The van der Waals surface area contributed by atoms with Crippen molar-refractivity contribution in [2.75, 3.05) is 13.2 Å². The third-order valence-corrected chi connectivity index (χ3v) is 2.39. The van der Waals surface area contributed by atoms with E-state index in [1.807, 2.05) is 6.92 Å². The van der Waals surface area contributed by atoms with Gasteiger partial charge in [-0.1, -0.05) is 6.92 Å². The fourth-order valence-electron chi connectivity index (χ4n) is 1.55. The summed E-state index contributed by atoms with van der Waals surface area (Å²) in [5, 5.41) is 12.2. The van der Waals surface area contributed by atoms with Crippen molar-refractivity contribution >= 4 is 23.5 Å². The molecule has 0 aromatic carbocycles. The molecule has 0 aliphatic carbocycles. The molecule has 0 spiro atoms. The minimum absolute atomic E-state index is 0.0436. The second-order valence-electron chi connectivity index (χ2n) is 3.90. The minimum Gasteiger partial charge on any atom is -0.375 e. The Kier molecular flexibility index (Phi) is 3.11. The summed E-state index contributed by atoms with van der Waals surface area (Å²) in [7, 11) is 0. The zero-order valence-corrected chi connectivity index (χ0v) is 9.71. The van der Waals surface area contributed by atoms with E-state index >= 15 is 0 Å². The third-order valence-electron chi connectivity index (χ3n) is 2.39. The van der Waals surface area contributed by atoms with Gasteiger partial charge < -0.3 is 4.74 Å². The van der Waals surface area contributed by atoms with Crippen LogP contribution in [0.25, 0.3) is 0 Å². The number of nitrogens with two attached hydrogens (primary N) is 1. The average Bonchev–Trinajstić information content (AvgIpc) is 2.67. The van der Waals surface area contributed by atoms with Crippen molar-refractivity contribution in [3.05, 3.63) is 0 Å². The Labute approximate surface area is 102 Å². The number of hydrogen-bond donors (Lipinski definition) is 3. The molecule has 4 N–H and O–H groups in total. The van der Waals surface area contributed by atoms with Crippen LogP contribution in [0.2, 0.25) is 0 Å². The Morgan fingerprint density at radius 1 is 1.56 bits per heavy atom. The maximum Gasteiger partial charge on any atom is 0.347 e. The summed E-state index contributed by atoms with van der Waals surface area (Å²) in [5.74, 6) is -2.68. The van der Waals surface area contributed by atoms with Crippen LogP contribution in [0.3, 0.4) is 0 Å². The minimum atomic E-state index is -1.75. The number of urea groups is 1. The zero-order chi connectivity index (χ0) is 13.3. The molecule has 0 saturated heterocycles. The Hall–Kier alpha value is -1.84. The topological polar surface area (TPSA) is 130 Å². The van der Waals surface area contributed by atoms with Crippen LogP contribution in [0.5, 0.6) is 0 Å². The van der Waals surface area contributed by atoms with Gasteiger partial charge in [-0.25, -0.2) is 9.79 Å². The lowest BCUT2D eigenvalue weighted by atomic mass is 10.2. The van der Waals surface area contributed by atoms with Crippen molar-refractivity contribution in [2.24, 2.45) is 15.7 Å². The first-order chi connectivity index (χ1) is 8.48. The van der Waals surface area contributed by atoms with Gasteiger partial charge in [-0.2, -0.15) is 10.1 Å². The van der Waals surface area contributed by atoms with Gasteiger partial charge in [0, 0.05) is 6.61 Å². The molecule has 9 nitrogen and oxygen atoms in total. The SMILES string of the molecule is CCCOCC1(N)N=C2NC(=O)N=C2C(=O)N1O. The lowest BCUT2D eigenvalue weighted by Gasteiger charge is -2.35. The molecular formula is C9H13N5O4. The summed E-state index contributed by atoms with van der Waals surface area (Å²) in [5.41, 5.74) is 5.52. The Morgan fingerprint density at radius 2 is 2.28 bits per heavy atom. The average molecular weight is 255 g/mol. The smallest absolute Gasteiger partial charge is 0.347 e. The highest BCUT2D eigenvalue weighted by molar-refractivity contribution is 6.70. The summed E-state index contributed by atoms with van der Waals surface area (Å²) in [6.45, 7) is 2.13. The van der Waals surface area contributed by atoms with Crippen LogP contribution in [0, 0.1) is 0 Å². The molecule has 2 rings (SSSR count). The molecule has 0 saturated carbocycles. The van der Waals surface area contributed by atoms with Crippen LogP contribution in [-0.4, -0.2) is 52.8 Å². The molecular weight excluding hydrogens is 242 g/mol. The first kappa shape index (κ1) is 12.6. The molecule has 0 bridgehead atoms. The number of rotatable bonds is 4. The summed E-state index contributed by atoms with van der Waals surface area (Å²) < 4.78 is 5.18. The normalized spacial score (nSPS) is 26.7. The highest BCUT2D eigenvalue weighted by Crippen LogP contribution is 2.18. The predicted molar refractivity (Wildman–Crippen MR) is 60.1 cm³/mol. The van der Waals surface area contributed by atoms with Crippen molar-refractivity contribution in [2.45, 2.75) is 19.1 Å². The number of hydroxylamine groups is 2. The van der Waals surface area contributed by atoms with Gasteiger partial charge in [0.1, 0.15) is 6.61 Å². The number of ether oxygens (including phenoxy) is 1. The summed E-state index contributed by atoms with van der Waals surface area (Å²) in [4.78, 5) is 30.0. The first-order valence-electron chi connectivity index (χ1n) is 5.38. The lowest BCUT2D eigenvalue weighted by Crippen LogP contribution is -2.64. The summed E-state index contributed by atoms with van der Waals surface area (Å²) >= 11 is 0. The van der Waals surface area contributed by atoms with Crippen molar-refractivity contribution in [3.8, 4) is 0 Å². The van der Waals surface area contributed by atoms with Crippen LogP contribution < -0.4 is 11.1 Å². The number of hydrogen-bond acceptors (Lipinski definition) is 6. The maximum atomic E-state index is 11.7. The number of aliphatic imine (C=N–C) groups is 2. The van der Waals surface area contributed by atoms with E-state index in [0.717, 1.165) is 6.42 Å². The van der Waals surface area contributed by atoms with E-state index in [0.29, 0.717) is 6.61 Å². The maximum absolute atomic E-state index is 11.7. The number of fused-ring (bicyclic) bond motifs is 1. The van der Waals surface area contributed by atoms with E-state index in [4.69, 9.17) is 10.5 Å². The lowest BCUT2D eigenvalue weighted by molar-refractivity contribution is -0.195. The van der Waals surface area contributed by atoms with Gasteiger partial charge >= 0.3 is 11.9 Å². The Balaban J connectivity index is 2.25. The predicted octanol–water partition coefficient (Wildman–Crippen LogP) is -1.18. The summed E-state index contributed by atoms with van der Waals surface area (Å²) in [6.07, 6.45) is 0.759. The largest absolute Gasteiger partial charge is 0.375 e. The molecule has 0 aromatic rings. The molecule has 2 aliphatic rings. The molecule has 1 atom stereocenters. The molecule has 0 radical (unpaired) electrons. The molecule has 18 heavy (non-hydrogen) atoms. The van der Waals surface area contributed by atoms with Crippen LogP contribution in [0.1, 0.15) is 13.3 Å². The molecule has 2 aliphatic heterocycles. The molecule has 3 amide bonds. The molecule has 0 aromatic heterocycles. The first-order valence-corrected chi connectivity index (χ1v) is 5.38. The third kappa shape index (κ3) is 1.98. The van der Waals surface area contributed by atoms with Crippen LogP contribution in [0.4, 0.5) is 4.79 Å². The number of carbonyl (C=O) groups excluding carboxylic acids is 2. The van der Waals surface area contributed by atoms with Crippen LogP contribution >= 0.6 is 0 Å².